The highest BCUT2D eigenvalue weighted by Crippen LogP contribution is 2.39. The van der Waals surface area contributed by atoms with Gasteiger partial charge in [0.2, 0.25) is 0 Å². The number of fused-ring (bicyclic) bond motifs is 1. The van der Waals surface area contributed by atoms with Crippen LogP contribution in [0.3, 0.4) is 0 Å². The minimum Gasteiger partial charge on any atom is -0.506 e. The van der Waals surface area contributed by atoms with E-state index in [1.165, 1.54) is 6.07 Å². The number of nitrogens with zero attached hydrogens (tertiary/aromatic N) is 1. The van der Waals surface area contributed by atoms with Crippen LogP contribution in [0.25, 0.3) is 0 Å². The molecule has 0 bridgehead atoms. The van der Waals surface area contributed by atoms with Gasteiger partial charge in [-0.25, -0.2) is 0 Å². The van der Waals surface area contributed by atoms with Gasteiger partial charge < -0.3 is 5.11 Å². The number of benzene rings is 1. The lowest BCUT2D eigenvalue weighted by Gasteiger charge is -2.08. The average Bonchev–Trinajstić information content (AvgIpc) is 2.48. The van der Waals surface area contributed by atoms with Gasteiger partial charge in [-0.3, -0.25) is 14.5 Å². The summed E-state index contributed by atoms with van der Waals surface area (Å²) in [5.74, 6) is -1.24. The first-order chi connectivity index (χ1) is 7.49. The minimum atomic E-state index is -0.477. The van der Waals surface area contributed by atoms with Gasteiger partial charge in [0.1, 0.15) is 10.8 Å². The number of hydrogen-bond donors (Lipinski definition) is 1. The number of carbonyl (C=O) groups is 2. The molecule has 0 aromatic heterocycles. The molecule has 1 heterocycles. The van der Waals surface area contributed by atoms with Crippen LogP contribution >= 0.6 is 23.2 Å². The van der Waals surface area contributed by atoms with E-state index >= 15 is 0 Å². The third-order valence-corrected chi connectivity index (χ3v) is 3.30. The van der Waals surface area contributed by atoms with Gasteiger partial charge in [0.25, 0.3) is 11.8 Å². The first-order valence-electron chi connectivity index (χ1n) is 4.56. The standard InChI is InChI=1S/C10H7Cl2NO3/c1-2-13-9(15)4-3-5(14)7(11)8(12)6(4)10(13)16/h3,14H,2H2,1H3. The highest BCUT2D eigenvalue weighted by atomic mass is 35.5. The van der Waals surface area contributed by atoms with E-state index in [2.05, 4.69) is 0 Å². The van der Waals surface area contributed by atoms with Gasteiger partial charge in [0, 0.05) is 6.54 Å². The van der Waals surface area contributed by atoms with E-state index in [4.69, 9.17) is 23.2 Å². The minimum absolute atomic E-state index is 0.0660. The van der Waals surface area contributed by atoms with E-state index in [1.807, 2.05) is 0 Å². The molecular formula is C10H7Cl2NO3. The Morgan fingerprint density at radius 3 is 2.44 bits per heavy atom. The molecule has 1 aromatic rings. The van der Waals surface area contributed by atoms with E-state index in [1.54, 1.807) is 6.92 Å². The first kappa shape index (κ1) is 11.2. The summed E-state index contributed by atoms with van der Waals surface area (Å²) in [5.41, 5.74) is 0.162. The summed E-state index contributed by atoms with van der Waals surface area (Å²) < 4.78 is 0. The molecule has 84 valence electrons. The molecule has 0 aliphatic carbocycles. The molecule has 0 spiro atoms. The Balaban J connectivity index is 2.73. The Labute approximate surface area is 101 Å². The van der Waals surface area contributed by atoms with Crippen LogP contribution in [0.15, 0.2) is 6.07 Å². The third-order valence-electron chi connectivity index (χ3n) is 2.44. The van der Waals surface area contributed by atoms with Crippen molar-refractivity contribution in [2.45, 2.75) is 6.92 Å². The number of rotatable bonds is 1. The third kappa shape index (κ3) is 1.30. The summed E-state index contributed by atoms with van der Waals surface area (Å²) >= 11 is 11.5. The molecule has 16 heavy (non-hydrogen) atoms. The van der Waals surface area contributed by atoms with Gasteiger partial charge in [-0.2, -0.15) is 0 Å². The maximum Gasteiger partial charge on any atom is 0.263 e. The van der Waals surface area contributed by atoms with Crippen LogP contribution in [-0.2, 0) is 0 Å². The predicted molar refractivity (Wildman–Crippen MR) is 59.2 cm³/mol. The Morgan fingerprint density at radius 1 is 1.25 bits per heavy atom. The van der Waals surface area contributed by atoms with Crippen LogP contribution < -0.4 is 0 Å². The molecule has 1 aliphatic rings. The fourth-order valence-corrected chi connectivity index (χ4v) is 2.08. The van der Waals surface area contributed by atoms with Crippen molar-refractivity contribution in [2.75, 3.05) is 6.54 Å². The van der Waals surface area contributed by atoms with Crippen LogP contribution in [0.5, 0.6) is 5.75 Å². The van der Waals surface area contributed by atoms with Crippen LogP contribution in [0.4, 0.5) is 0 Å². The second-order valence-corrected chi connectivity index (χ2v) is 4.06. The Hall–Kier alpha value is -1.26. The van der Waals surface area contributed by atoms with Crippen molar-refractivity contribution in [3.63, 3.8) is 0 Å². The topological polar surface area (TPSA) is 57.6 Å². The Kier molecular flexibility index (Phi) is 2.56. The fraction of sp³-hybridized carbons (Fsp3) is 0.200. The molecule has 1 aromatic carbocycles. The van der Waals surface area contributed by atoms with Crippen molar-refractivity contribution in [3.05, 3.63) is 27.2 Å². The summed E-state index contributed by atoms with van der Waals surface area (Å²) in [6.07, 6.45) is 0. The second kappa shape index (κ2) is 3.64. The molecule has 0 atom stereocenters. The quantitative estimate of drug-likeness (QED) is 0.788. The van der Waals surface area contributed by atoms with Crippen LogP contribution in [0, 0.1) is 0 Å². The number of amides is 2. The number of hydrogen-bond acceptors (Lipinski definition) is 3. The Morgan fingerprint density at radius 2 is 1.88 bits per heavy atom. The highest BCUT2D eigenvalue weighted by molar-refractivity contribution is 6.46. The van der Waals surface area contributed by atoms with E-state index in [-0.39, 0.29) is 33.5 Å². The fourth-order valence-electron chi connectivity index (χ4n) is 1.65. The first-order valence-corrected chi connectivity index (χ1v) is 5.31. The summed E-state index contributed by atoms with van der Waals surface area (Å²) in [4.78, 5) is 24.6. The van der Waals surface area contributed by atoms with E-state index < -0.39 is 11.8 Å². The predicted octanol–water partition coefficient (Wildman–Crippen LogP) is 2.31. The molecule has 0 unspecified atom stereocenters. The lowest BCUT2D eigenvalue weighted by atomic mass is 10.1. The zero-order chi connectivity index (χ0) is 12.0. The normalized spacial score (nSPS) is 14.6. The molecule has 1 aliphatic heterocycles. The number of phenols is 1. The van der Waals surface area contributed by atoms with Crippen molar-refractivity contribution in [1.82, 2.24) is 4.90 Å². The maximum atomic E-state index is 11.8. The molecular weight excluding hydrogens is 253 g/mol. The molecule has 4 nitrogen and oxygen atoms in total. The van der Waals surface area contributed by atoms with Gasteiger partial charge in [0.15, 0.2) is 0 Å². The molecule has 0 saturated carbocycles. The highest BCUT2D eigenvalue weighted by Gasteiger charge is 2.38. The lowest BCUT2D eigenvalue weighted by molar-refractivity contribution is 0.0663. The summed E-state index contributed by atoms with van der Waals surface area (Å²) in [7, 11) is 0. The van der Waals surface area contributed by atoms with Crippen LogP contribution in [0.1, 0.15) is 27.6 Å². The molecule has 1 N–H and O–H groups in total. The summed E-state index contributed by atoms with van der Waals surface area (Å²) in [5, 5.41) is 9.24. The lowest BCUT2D eigenvalue weighted by Crippen LogP contribution is -2.29. The number of halogens is 2. The van der Waals surface area contributed by atoms with E-state index in [0.29, 0.717) is 0 Å². The van der Waals surface area contributed by atoms with Crippen molar-refractivity contribution in [1.29, 1.82) is 0 Å². The van der Waals surface area contributed by atoms with Gasteiger partial charge >= 0.3 is 0 Å². The zero-order valence-corrected chi connectivity index (χ0v) is 9.76. The van der Waals surface area contributed by atoms with Gasteiger partial charge in [-0.05, 0) is 13.0 Å². The van der Waals surface area contributed by atoms with E-state index in [0.717, 1.165) is 4.90 Å². The molecule has 0 saturated heterocycles. The van der Waals surface area contributed by atoms with Crippen molar-refractivity contribution in [2.24, 2.45) is 0 Å². The number of carbonyl (C=O) groups excluding carboxylic acids is 2. The van der Waals surface area contributed by atoms with Gasteiger partial charge in [-0.1, -0.05) is 23.2 Å². The monoisotopic (exact) mass is 259 g/mol. The molecule has 6 heteroatoms. The largest absolute Gasteiger partial charge is 0.506 e. The van der Waals surface area contributed by atoms with Crippen LogP contribution in [-0.4, -0.2) is 28.4 Å². The molecule has 2 rings (SSSR count). The summed E-state index contributed by atoms with van der Waals surface area (Å²) in [6.45, 7) is 1.93. The average molecular weight is 260 g/mol. The number of phenolic OH excluding ortho intramolecular Hbond substituents is 1. The zero-order valence-electron chi connectivity index (χ0n) is 8.25. The number of aromatic hydroxyl groups is 1. The van der Waals surface area contributed by atoms with Crippen LogP contribution in [0.2, 0.25) is 10.0 Å². The molecule has 0 radical (unpaired) electrons. The number of imide groups is 1. The van der Waals surface area contributed by atoms with Gasteiger partial charge in [0.05, 0.1) is 16.1 Å². The van der Waals surface area contributed by atoms with Crippen molar-refractivity contribution >= 4 is 35.0 Å². The van der Waals surface area contributed by atoms with Crippen molar-refractivity contribution in [3.8, 4) is 5.75 Å². The summed E-state index contributed by atoms with van der Waals surface area (Å²) in [6, 6.07) is 1.17. The van der Waals surface area contributed by atoms with E-state index in [9.17, 15) is 14.7 Å². The SMILES string of the molecule is CCN1C(=O)c2cc(O)c(Cl)c(Cl)c2C1=O. The molecule has 2 amide bonds. The maximum absolute atomic E-state index is 11.8. The van der Waals surface area contributed by atoms with Gasteiger partial charge in [-0.15, -0.1) is 0 Å². The second-order valence-electron chi connectivity index (χ2n) is 3.30. The molecule has 0 fully saturated rings. The smallest absolute Gasteiger partial charge is 0.263 e. The Bertz CT molecular complexity index is 513. The van der Waals surface area contributed by atoms with Crippen molar-refractivity contribution < 1.29 is 14.7 Å².